The first-order valence-corrected chi connectivity index (χ1v) is 13.0. The summed E-state index contributed by atoms with van der Waals surface area (Å²) in [5.41, 5.74) is 5.90. The van der Waals surface area contributed by atoms with Crippen LogP contribution in [0.2, 0.25) is 0 Å². The first kappa shape index (κ1) is 26.1. The van der Waals surface area contributed by atoms with E-state index in [1.54, 1.807) is 22.9 Å². The average molecular weight is 522 g/mol. The summed E-state index contributed by atoms with van der Waals surface area (Å²) < 4.78 is 1.72. The normalized spacial score (nSPS) is 14.2. The van der Waals surface area contributed by atoms with E-state index in [-0.39, 0.29) is 11.6 Å². The third kappa shape index (κ3) is 5.97. The zero-order valence-electron chi connectivity index (χ0n) is 22.2. The van der Waals surface area contributed by atoms with E-state index in [9.17, 15) is 14.9 Å². The molecule has 39 heavy (non-hydrogen) atoms. The second kappa shape index (κ2) is 11.4. The summed E-state index contributed by atoms with van der Waals surface area (Å²) in [6, 6.07) is 24.4. The number of carbonyl (C=O) groups is 1. The molecule has 0 spiro atoms. The minimum Gasteiger partial charge on any atom is -0.335 e. The number of nitro groups is 1. The Bertz CT molecular complexity index is 1500. The molecule has 0 unspecified atom stereocenters. The van der Waals surface area contributed by atoms with Gasteiger partial charge in [0.05, 0.1) is 16.3 Å². The number of nitro benzene ring substituents is 1. The largest absolute Gasteiger partial charge is 0.335 e. The van der Waals surface area contributed by atoms with Crippen LogP contribution in [0.4, 0.5) is 5.69 Å². The second-order valence-corrected chi connectivity index (χ2v) is 9.83. The molecular weight excluding hydrogens is 490 g/mol. The summed E-state index contributed by atoms with van der Waals surface area (Å²) in [4.78, 5) is 28.7. The maximum atomic E-state index is 13.8. The summed E-state index contributed by atoms with van der Waals surface area (Å²) in [5.74, 6) is -0.0731. The van der Waals surface area contributed by atoms with E-state index in [1.807, 2.05) is 55.1 Å². The Hall–Kier alpha value is -4.56. The van der Waals surface area contributed by atoms with Gasteiger partial charge < -0.3 is 4.90 Å². The molecule has 1 saturated heterocycles. The number of piperazine rings is 1. The number of aryl methyl sites for hydroxylation is 2. The molecule has 8 nitrogen and oxygen atoms in total. The minimum absolute atomic E-state index is 0.0143. The van der Waals surface area contributed by atoms with E-state index in [1.165, 1.54) is 17.7 Å². The quantitative estimate of drug-likeness (QED) is 0.236. The molecule has 1 aliphatic heterocycles. The lowest BCUT2D eigenvalue weighted by Gasteiger charge is -2.34. The molecule has 1 aromatic heterocycles. The number of rotatable bonds is 7. The highest BCUT2D eigenvalue weighted by molar-refractivity contribution is 5.94. The molecule has 0 N–H and O–H groups in total. The van der Waals surface area contributed by atoms with Gasteiger partial charge in [-0.15, -0.1) is 0 Å². The Morgan fingerprint density at radius 1 is 0.949 bits per heavy atom. The maximum Gasteiger partial charge on any atom is 0.272 e. The van der Waals surface area contributed by atoms with E-state index in [0.717, 1.165) is 36.4 Å². The van der Waals surface area contributed by atoms with Gasteiger partial charge in [-0.3, -0.25) is 19.8 Å². The van der Waals surface area contributed by atoms with Crippen molar-refractivity contribution in [3.63, 3.8) is 0 Å². The van der Waals surface area contributed by atoms with Gasteiger partial charge in [0.25, 0.3) is 11.6 Å². The van der Waals surface area contributed by atoms with Gasteiger partial charge in [-0.2, -0.15) is 5.10 Å². The standard InChI is InChI=1S/C31H31N5O3/c1-23-10-11-24(2)29(21-23)35-30(22-28(32-35)26-12-14-27(15-13-26)36(38)39)31(37)34-19-17-33(18-20-34)16-6-9-25-7-4-3-5-8-25/h3-15,21-22H,16-20H2,1-2H3. The van der Waals surface area contributed by atoms with Crippen LogP contribution in [-0.4, -0.2) is 63.1 Å². The van der Waals surface area contributed by atoms with Gasteiger partial charge in [0.15, 0.2) is 0 Å². The van der Waals surface area contributed by atoms with E-state index in [4.69, 9.17) is 5.10 Å². The van der Waals surface area contributed by atoms with Crippen molar-refractivity contribution in [3.05, 3.63) is 117 Å². The molecule has 8 heteroatoms. The summed E-state index contributed by atoms with van der Waals surface area (Å²) in [6.45, 7) is 7.68. The van der Waals surface area contributed by atoms with Crippen LogP contribution in [0, 0.1) is 24.0 Å². The van der Waals surface area contributed by atoms with Gasteiger partial charge >= 0.3 is 0 Å². The fourth-order valence-electron chi connectivity index (χ4n) is 4.76. The maximum absolute atomic E-state index is 13.8. The van der Waals surface area contributed by atoms with Gasteiger partial charge in [0, 0.05) is 50.4 Å². The highest BCUT2D eigenvalue weighted by Crippen LogP contribution is 2.26. The van der Waals surface area contributed by atoms with Crippen LogP contribution in [0.15, 0.2) is 84.9 Å². The molecule has 0 atom stereocenters. The summed E-state index contributed by atoms with van der Waals surface area (Å²) >= 11 is 0. The molecule has 3 aromatic carbocycles. The lowest BCUT2D eigenvalue weighted by molar-refractivity contribution is -0.384. The van der Waals surface area contributed by atoms with Crippen molar-refractivity contribution in [2.75, 3.05) is 32.7 Å². The lowest BCUT2D eigenvalue weighted by atomic mass is 10.1. The van der Waals surface area contributed by atoms with Gasteiger partial charge in [0.1, 0.15) is 5.69 Å². The predicted molar refractivity (Wildman–Crippen MR) is 153 cm³/mol. The monoisotopic (exact) mass is 521 g/mol. The highest BCUT2D eigenvalue weighted by Gasteiger charge is 2.26. The van der Waals surface area contributed by atoms with Crippen molar-refractivity contribution in [1.82, 2.24) is 19.6 Å². The fraction of sp³-hybridized carbons (Fsp3) is 0.226. The Labute approximate surface area is 227 Å². The molecule has 1 amide bonds. The van der Waals surface area contributed by atoms with Crippen LogP contribution in [0.1, 0.15) is 27.2 Å². The molecule has 198 valence electrons. The van der Waals surface area contributed by atoms with Crippen molar-refractivity contribution in [3.8, 4) is 16.9 Å². The first-order chi connectivity index (χ1) is 18.9. The lowest BCUT2D eigenvalue weighted by Crippen LogP contribution is -2.49. The smallest absolute Gasteiger partial charge is 0.272 e. The van der Waals surface area contributed by atoms with E-state index < -0.39 is 4.92 Å². The number of hydrogen-bond acceptors (Lipinski definition) is 5. The van der Waals surface area contributed by atoms with Crippen LogP contribution in [0.25, 0.3) is 23.0 Å². The third-order valence-corrected chi connectivity index (χ3v) is 7.03. The molecule has 1 fully saturated rings. The van der Waals surface area contributed by atoms with E-state index in [0.29, 0.717) is 30.0 Å². The van der Waals surface area contributed by atoms with E-state index >= 15 is 0 Å². The Balaban J connectivity index is 1.36. The molecule has 0 saturated carbocycles. The van der Waals surface area contributed by atoms with Crippen molar-refractivity contribution in [2.45, 2.75) is 13.8 Å². The minimum atomic E-state index is -0.426. The SMILES string of the molecule is Cc1ccc(C)c(-n2nc(-c3ccc([N+](=O)[O-])cc3)cc2C(=O)N2CCN(CC=Cc3ccccc3)CC2)c1. The average Bonchev–Trinajstić information content (AvgIpc) is 3.40. The van der Waals surface area contributed by atoms with Crippen molar-refractivity contribution < 1.29 is 9.72 Å². The van der Waals surface area contributed by atoms with Gasteiger partial charge in [-0.05, 0) is 54.8 Å². The topological polar surface area (TPSA) is 84.5 Å². The summed E-state index contributed by atoms with van der Waals surface area (Å²) in [7, 11) is 0. The fourth-order valence-corrected chi connectivity index (χ4v) is 4.76. The van der Waals surface area contributed by atoms with Crippen molar-refractivity contribution in [1.29, 1.82) is 0 Å². The third-order valence-electron chi connectivity index (χ3n) is 7.03. The first-order valence-electron chi connectivity index (χ1n) is 13.0. The Morgan fingerprint density at radius 3 is 2.36 bits per heavy atom. The summed E-state index contributed by atoms with van der Waals surface area (Å²) in [6.07, 6.45) is 4.29. The van der Waals surface area contributed by atoms with Crippen LogP contribution in [0.3, 0.4) is 0 Å². The molecule has 5 rings (SSSR count). The Kier molecular flexibility index (Phi) is 7.65. The predicted octanol–water partition coefficient (Wildman–Crippen LogP) is 5.54. The molecule has 2 heterocycles. The zero-order valence-corrected chi connectivity index (χ0v) is 22.2. The number of non-ortho nitro benzene ring substituents is 1. The molecule has 0 bridgehead atoms. The van der Waals surface area contributed by atoms with Crippen LogP contribution in [0.5, 0.6) is 0 Å². The molecule has 4 aromatic rings. The van der Waals surface area contributed by atoms with Gasteiger partial charge in [-0.25, -0.2) is 4.68 Å². The van der Waals surface area contributed by atoms with E-state index in [2.05, 4.69) is 29.2 Å². The van der Waals surface area contributed by atoms with Crippen LogP contribution in [-0.2, 0) is 0 Å². The molecule has 0 radical (unpaired) electrons. The Morgan fingerprint density at radius 2 is 1.67 bits per heavy atom. The number of benzene rings is 3. The number of hydrogen-bond donors (Lipinski definition) is 0. The van der Waals surface area contributed by atoms with Crippen LogP contribution < -0.4 is 0 Å². The molecule has 1 aliphatic rings. The molecule has 0 aliphatic carbocycles. The zero-order chi connectivity index (χ0) is 27.4. The van der Waals surface area contributed by atoms with Gasteiger partial charge in [0.2, 0.25) is 0 Å². The van der Waals surface area contributed by atoms with Crippen molar-refractivity contribution in [2.24, 2.45) is 0 Å². The number of carbonyl (C=O) groups excluding carboxylic acids is 1. The van der Waals surface area contributed by atoms with Crippen molar-refractivity contribution >= 4 is 17.7 Å². The highest BCUT2D eigenvalue weighted by atomic mass is 16.6. The summed E-state index contributed by atoms with van der Waals surface area (Å²) in [5, 5.41) is 15.9. The van der Waals surface area contributed by atoms with Gasteiger partial charge in [-0.1, -0.05) is 54.6 Å². The second-order valence-electron chi connectivity index (χ2n) is 9.83. The molecular formula is C31H31N5O3. The number of amides is 1. The number of nitrogens with zero attached hydrogens (tertiary/aromatic N) is 5. The van der Waals surface area contributed by atoms with Crippen LogP contribution >= 0.6 is 0 Å². The number of aromatic nitrogens is 2.